The Kier molecular flexibility index (Phi) is 8.92. The highest BCUT2D eigenvalue weighted by Crippen LogP contribution is 2.42. The molecule has 2 amide bonds. The normalized spacial score (nSPS) is 11.5. The van der Waals surface area contributed by atoms with Crippen molar-refractivity contribution in [3.05, 3.63) is 30.3 Å². The third kappa shape index (κ3) is 5.78. The Morgan fingerprint density at radius 3 is 2.08 bits per heavy atom. The Morgan fingerprint density at radius 1 is 0.944 bits per heavy atom. The number of halogens is 1. The van der Waals surface area contributed by atoms with Crippen LogP contribution in [0.25, 0.3) is 22.5 Å². The van der Waals surface area contributed by atoms with Gasteiger partial charge in [0.15, 0.2) is 11.5 Å². The third-order valence-electron chi connectivity index (χ3n) is 5.34. The molecule has 0 fully saturated rings. The highest BCUT2D eigenvalue weighted by Gasteiger charge is 2.22. The number of aromatic amines is 1. The minimum atomic E-state index is -0.852. The first-order valence-corrected chi connectivity index (χ1v) is 11.1. The molecule has 12 nitrogen and oxygen atoms in total. The monoisotopic (exact) mass is 518 g/mol. The van der Waals surface area contributed by atoms with Crippen LogP contribution in [-0.2, 0) is 9.59 Å². The summed E-state index contributed by atoms with van der Waals surface area (Å²) in [6.07, 6.45) is 0.118. The quantitative estimate of drug-likeness (QED) is 0.264. The maximum Gasteiger partial charge on any atom is 0.242 e. The number of carbonyl (C=O) groups is 2. The van der Waals surface area contributed by atoms with Gasteiger partial charge in [-0.1, -0.05) is 0 Å². The standard InChI is InChI=1S/C23H27ClN6O6/c1-33-16-7-5-12(9-15(16)26-23(32)14(27-24)6-8-19(25)31)20-21(29-30-28-20)13-10-17(34-2)22(36-4)18(11-13)35-3/h5,7,9-11,14,27H,6,8H2,1-4H3,(H2,25,31)(H,26,32)(H,28,29,30). The van der Waals surface area contributed by atoms with Crippen LogP contribution in [0.3, 0.4) is 0 Å². The van der Waals surface area contributed by atoms with Crippen molar-refractivity contribution in [1.82, 2.24) is 20.2 Å². The number of hydrogen-bond donors (Lipinski definition) is 4. The molecular weight excluding hydrogens is 492 g/mol. The highest BCUT2D eigenvalue weighted by molar-refractivity contribution is 6.15. The second-order valence-corrected chi connectivity index (χ2v) is 7.72. The Morgan fingerprint density at radius 2 is 1.56 bits per heavy atom. The summed E-state index contributed by atoms with van der Waals surface area (Å²) in [5, 5.41) is 14.0. The van der Waals surface area contributed by atoms with Gasteiger partial charge >= 0.3 is 0 Å². The van der Waals surface area contributed by atoms with Gasteiger partial charge in [0, 0.05) is 17.5 Å². The van der Waals surface area contributed by atoms with Crippen molar-refractivity contribution in [2.45, 2.75) is 18.9 Å². The second-order valence-electron chi connectivity index (χ2n) is 7.51. The number of nitrogens with two attached hydrogens (primary N) is 1. The number of rotatable bonds is 12. The van der Waals surface area contributed by atoms with Crippen LogP contribution in [0.2, 0.25) is 0 Å². The Bertz CT molecular complexity index is 1210. The number of ether oxygens (including phenoxy) is 4. The molecule has 0 aliphatic carbocycles. The maximum atomic E-state index is 12.8. The van der Waals surface area contributed by atoms with E-state index in [9.17, 15) is 9.59 Å². The van der Waals surface area contributed by atoms with Crippen molar-refractivity contribution >= 4 is 29.3 Å². The summed E-state index contributed by atoms with van der Waals surface area (Å²) in [5.74, 6) is 0.768. The van der Waals surface area contributed by atoms with Gasteiger partial charge < -0.3 is 30.0 Å². The van der Waals surface area contributed by atoms with E-state index in [2.05, 4.69) is 25.6 Å². The summed E-state index contributed by atoms with van der Waals surface area (Å²) in [4.78, 5) is 26.2. The maximum absolute atomic E-state index is 12.8. The van der Waals surface area contributed by atoms with Gasteiger partial charge in [-0.25, -0.2) is 4.84 Å². The number of hydrogen-bond acceptors (Lipinski definition) is 9. The summed E-state index contributed by atoms with van der Waals surface area (Å²) >= 11 is 5.71. The molecule has 13 heteroatoms. The molecular formula is C23H27ClN6O6. The van der Waals surface area contributed by atoms with Gasteiger partial charge in [-0.3, -0.25) is 9.59 Å². The van der Waals surface area contributed by atoms with Crippen molar-refractivity contribution < 1.29 is 28.5 Å². The number of H-pyrrole nitrogens is 1. The number of amides is 2. The van der Waals surface area contributed by atoms with Crippen LogP contribution in [0.5, 0.6) is 23.0 Å². The van der Waals surface area contributed by atoms with E-state index < -0.39 is 17.9 Å². The zero-order valence-electron chi connectivity index (χ0n) is 20.2. The van der Waals surface area contributed by atoms with Crippen molar-refractivity contribution in [1.29, 1.82) is 0 Å². The van der Waals surface area contributed by atoms with E-state index in [1.54, 1.807) is 30.3 Å². The molecule has 1 aromatic heterocycles. The Labute approximate surface area is 212 Å². The average Bonchev–Trinajstić information content (AvgIpc) is 3.38. The Balaban J connectivity index is 1.99. The van der Waals surface area contributed by atoms with Crippen LogP contribution >= 0.6 is 11.8 Å². The molecule has 2 aromatic carbocycles. The minimum Gasteiger partial charge on any atom is -0.495 e. The van der Waals surface area contributed by atoms with Gasteiger partial charge in [0.05, 0.1) is 34.1 Å². The zero-order valence-corrected chi connectivity index (χ0v) is 20.9. The molecule has 0 spiro atoms. The molecule has 0 saturated carbocycles. The molecule has 0 aliphatic rings. The molecule has 5 N–H and O–H groups in total. The fourth-order valence-electron chi connectivity index (χ4n) is 3.55. The number of primary amides is 1. The smallest absolute Gasteiger partial charge is 0.242 e. The predicted molar refractivity (Wildman–Crippen MR) is 133 cm³/mol. The SMILES string of the molecule is COc1ccc(-c2n[nH]nc2-c2cc(OC)c(OC)c(OC)c2)cc1NC(=O)C(CCC(N)=O)NCl. The number of nitrogens with one attached hydrogen (secondary N) is 3. The third-order valence-corrected chi connectivity index (χ3v) is 5.61. The lowest BCUT2D eigenvalue weighted by molar-refractivity contribution is -0.119. The van der Waals surface area contributed by atoms with Crippen molar-refractivity contribution in [2.75, 3.05) is 33.8 Å². The van der Waals surface area contributed by atoms with Gasteiger partial charge in [-0.15, -0.1) is 0 Å². The first kappa shape index (κ1) is 26.6. The van der Waals surface area contributed by atoms with E-state index in [1.165, 1.54) is 28.4 Å². The topological polar surface area (TPSA) is 163 Å². The number of anilines is 1. The summed E-state index contributed by atoms with van der Waals surface area (Å²) in [7, 11) is 6.05. The summed E-state index contributed by atoms with van der Waals surface area (Å²) in [5.41, 5.74) is 7.86. The van der Waals surface area contributed by atoms with E-state index >= 15 is 0 Å². The average molecular weight is 519 g/mol. The molecule has 1 heterocycles. The minimum absolute atomic E-state index is 0.00787. The zero-order chi connectivity index (χ0) is 26.2. The van der Waals surface area contributed by atoms with Gasteiger partial charge in [0.25, 0.3) is 0 Å². The van der Waals surface area contributed by atoms with Crippen LogP contribution < -0.4 is 34.8 Å². The van der Waals surface area contributed by atoms with Crippen LogP contribution in [0.4, 0.5) is 5.69 Å². The number of nitrogens with zero attached hydrogens (tertiary/aromatic N) is 2. The van der Waals surface area contributed by atoms with E-state index in [1.807, 2.05) is 0 Å². The molecule has 192 valence electrons. The molecule has 1 atom stereocenters. The Hall–Kier alpha value is -4.03. The van der Waals surface area contributed by atoms with Crippen LogP contribution in [-0.4, -0.2) is 61.7 Å². The molecule has 0 saturated heterocycles. The van der Waals surface area contributed by atoms with Crippen LogP contribution in [0, 0.1) is 0 Å². The predicted octanol–water partition coefficient (Wildman–Crippen LogP) is 2.49. The molecule has 0 aliphatic heterocycles. The van der Waals surface area contributed by atoms with Crippen molar-refractivity contribution in [3.63, 3.8) is 0 Å². The number of carbonyl (C=O) groups excluding carboxylic acids is 2. The van der Waals surface area contributed by atoms with E-state index in [0.29, 0.717) is 51.2 Å². The largest absolute Gasteiger partial charge is 0.495 e. The fourth-order valence-corrected chi connectivity index (χ4v) is 3.75. The molecule has 1 unspecified atom stereocenters. The van der Waals surface area contributed by atoms with Gasteiger partial charge in [-0.2, -0.15) is 15.4 Å². The van der Waals surface area contributed by atoms with Gasteiger partial charge in [0.2, 0.25) is 17.6 Å². The van der Waals surface area contributed by atoms with E-state index in [0.717, 1.165) is 0 Å². The highest BCUT2D eigenvalue weighted by atomic mass is 35.5. The molecule has 36 heavy (non-hydrogen) atoms. The molecule has 0 bridgehead atoms. The first-order chi connectivity index (χ1) is 17.4. The second kappa shape index (κ2) is 12.1. The number of benzene rings is 2. The van der Waals surface area contributed by atoms with Crippen molar-refractivity contribution in [2.24, 2.45) is 5.73 Å². The van der Waals surface area contributed by atoms with Crippen molar-refractivity contribution in [3.8, 4) is 45.5 Å². The van der Waals surface area contributed by atoms with Gasteiger partial charge in [0.1, 0.15) is 23.2 Å². The molecule has 3 aromatic rings. The van der Waals surface area contributed by atoms with E-state index in [-0.39, 0.29) is 12.8 Å². The lowest BCUT2D eigenvalue weighted by atomic mass is 10.0. The van der Waals surface area contributed by atoms with Gasteiger partial charge in [-0.05, 0) is 48.5 Å². The van der Waals surface area contributed by atoms with Crippen LogP contribution in [0.1, 0.15) is 12.8 Å². The molecule has 0 radical (unpaired) electrons. The van der Waals surface area contributed by atoms with E-state index in [4.69, 9.17) is 36.5 Å². The summed E-state index contributed by atoms with van der Waals surface area (Å²) in [6, 6.07) is 7.81. The summed E-state index contributed by atoms with van der Waals surface area (Å²) in [6.45, 7) is 0. The lowest BCUT2D eigenvalue weighted by Crippen LogP contribution is -2.36. The number of aromatic nitrogens is 3. The number of methoxy groups -OCH3 is 4. The first-order valence-electron chi connectivity index (χ1n) is 10.7. The lowest BCUT2D eigenvalue weighted by Gasteiger charge is -2.17. The fraction of sp³-hybridized carbons (Fsp3) is 0.304. The summed E-state index contributed by atoms with van der Waals surface area (Å²) < 4.78 is 21.7. The van der Waals surface area contributed by atoms with Crippen LogP contribution in [0.15, 0.2) is 30.3 Å². The molecule has 3 rings (SSSR count).